The molecule has 1 aliphatic heterocycles. The van der Waals surface area contributed by atoms with E-state index in [1.165, 1.54) is 11.3 Å². The third-order valence-corrected chi connectivity index (χ3v) is 4.07. The number of likely N-dealkylation sites (tertiary alicyclic amines) is 1. The summed E-state index contributed by atoms with van der Waals surface area (Å²) in [5.74, 6) is 0.142. The molecule has 2 heterocycles. The maximum absolute atomic E-state index is 12.0. The van der Waals surface area contributed by atoms with E-state index < -0.39 is 5.60 Å². The Kier molecular flexibility index (Phi) is 5.00. The quantitative estimate of drug-likeness (QED) is 0.868. The van der Waals surface area contributed by atoms with Gasteiger partial charge in [-0.05, 0) is 38.6 Å². The van der Waals surface area contributed by atoms with Crippen LogP contribution in [0, 0.1) is 0 Å². The lowest BCUT2D eigenvalue weighted by molar-refractivity contribution is 0.0506. The Hall–Kier alpha value is -1.40. The Labute approximate surface area is 129 Å². The zero-order valence-corrected chi connectivity index (χ0v) is 13.5. The van der Waals surface area contributed by atoms with Crippen LogP contribution in [0.1, 0.15) is 36.9 Å². The summed E-state index contributed by atoms with van der Waals surface area (Å²) >= 11 is 1.47. The summed E-state index contributed by atoms with van der Waals surface area (Å²) in [6.45, 7) is 7.44. The summed E-state index contributed by atoms with van der Waals surface area (Å²) in [5, 5.41) is 4.77. The number of ketones is 1. The van der Waals surface area contributed by atoms with E-state index in [4.69, 9.17) is 4.74 Å². The molecule has 1 atom stereocenters. The number of nitrogens with zero attached hydrogens (tertiary/aromatic N) is 1. The van der Waals surface area contributed by atoms with Gasteiger partial charge < -0.3 is 10.1 Å². The van der Waals surface area contributed by atoms with Gasteiger partial charge in [0.2, 0.25) is 0 Å². The van der Waals surface area contributed by atoms with Gasteiger partial charge in [-0.15, -0.1) is 11.3 Å². The number of rotatable bonds is 4. The molecule has 0 radical (unpaired) electrons. The highest BCUT2D eigenvalue weighted by Crippen LogP contribution is 2.14. The van der Waals surface area contributed by atoms with E-state index in [0.717, 1.165) is 17.8 Å². The van der Waals surface area contributed by atoms with E-state index in [-0.39, 0.29) is 17.9 Å². The van der Waals surface area contributed by atoms with Gasteiger partial charge in [0.1, 0.15) is 5.60 Å². The second-order valence-corrected chi connectivity index (χ2v) is 7.22. The van der Waals surface area contributed by atoms with Crippen LogP contribution >= 0.6 is 11.3 Å². The van der Waals surface area contributed by atoms with Crippen molar-refractivity contribution in [2.24, 2.45) is 0 Å². The molecule has 0 aromatic carbocycles. The highest BCUT2D eigenvalue weighted by molar-refractivity contribution is 7.12. The summed E-state index contributed by atoms with van der Waals surface area (Å²) < 4.78 is 5.24. The Bertz CT molecular complexity index is 494. The van der Waals surface area contributed by atoms with Crippen LogP contribution in [0.2, 0.25) is 0 Å². The predicted octanol–water partition coefficient (Wildman–Crippen LogP) is 2.53. The van der Waals surface area contributed by atoms with Crippen molar-refractivity contribution in [1.29, 1.82) is 0 Å². The lowest BCUT2D eigenvalue weighted by Gasteiger charge is -2.22. The number of ether oxygens (including phenoxy) is 1. The summed E-state index contributed by atoms with van der Waals surface area (Å²) in [6, 6.07) is 3.78. The van der Waals surface area contributed by atoms with Crippen molar-refractivity contribution in [1.82, 2.24) is 10.2 Å². The van der Waals surface area contributed by atoms with Crippen molar-refractivity contribution >= 4 is 23.2 Å². The molecule has 2 rings (SSSR count). The first kappa shape index (κ1) is 16.0. The molecule has 1 aromatic rings. The summed E-state index contributed by atoms with van der Waals surface area (Å²) in [4.78, 5) is 26.6. The molecule has 0 bridgehead atoms. The number of Topliss-reactive ketones (excluding diaryl/α,β-unsaturated/α-hetero) is 1. The van der Waals surface area contributed by atoms with Crippen molar-refractivity contribution < 1.29 is 14.3 Å². The highest BCUT2D eigenvalue weighted by Gasteiger charge is 2.27. The number of carbonyl (C=O) groups excluding carboxylic acids is 2. The van der Waals surface area contributed by atoms with Gasteiger partial charge in [0.05, 0.1) is 11.4 Å². The predicted molar refractivity (Wildman–Crippen MR) is 82.9 cm³/mol. The van der Waals surface area contributed by atoms with Gasteiger partial charge in [0.25, 0.3) is 0 Å². The van der Waals surface area contributed by atoms with Crippen molar-refractivity contribution in [3.8, 4) is 0 Å². The minimum atomic E-state index is -0.489. The number of alkyl carbamates (subject to hydrolysis) is 1. The maximum Gasteiger partial charge on any atom is 0.407 e. The number of thiophene rings is 1. The molecular formula is C15H22N2O3S. The van der Waals surface area contributed by atoms with Crippen LogP contribution in [0.5, 0.6) is 0 Å². The van der Waals surface area contributed by atoms with Gasteiger partial charge in [0, 0.05) is 19.1 Å². The summed E-state index contributed by atoms with van der Waals surface area (Å²) in [7, 11) is 0. The molecule has 116 valence electrons. The van der Waals surface area contributed by atoms with E-state index in [2.05, 4.69) is 10.2 Å². The second kappa shape index (κ2) is 6.58. The fourth-order valence-corrected chi connectivity index (χ4v) is 2.94. The Morgan fingerprint density at radius 1 is 1.48 bits per heavy atom. The van der Waals surface area contributed by atoms with Crippen LogP contribution in [0.4, 0.5) is 4.79 Å². The SMILES string of the molecule is CC(C)(C)OC(=O)NC1CCN(CC(=O)c2cccs2)C1. The first-order chi connectivity index (χ1) is 9.83. The van der Waals surface area contributed by atoms with E-state index >= 15 is 0 Å². The van der Waals surface area contributed by atoms with Crippen molar-refractivity contribution in [3.63, 3.8) is 0 Å². The number of carbonyl (C=O) groups is 2. The molecule has 5 nitrogen and oxygen atoms in total. The number of amides is 1. The van der Waals surface area contributed by atoms with Crippen LogP contribution in [0.3, 0.4) is 0 Å². The summed E-state index contributed by atoms with van der Waals surface area (Å²) in [6.07, 6.45) is 0.454. The fraction of sp³-hybridized carbons (Fsp3) is 0.600. The second-order valence-electron chi connectivity index (χ2n) is 6.27. The molecule has 1 saturated heterocycles. The molecule has 1 N–H and O–H groups in total. The molecule has 0 aliphatic carbocycles. The van der Waals surface area contributed by atoms with Crippen LogP contribution in [-0.4, -0.2) is 48.1 Å². The minimum absolute atomic E-state index is 0.0518. The standard InChI is InChI=1S/C15H22N2O3S/c1-15(2,3)20-14(19)16-11-6-7-17(9-11)10-12(18)13-5-4-8-21-13/h4-5,8,11H,6-7,9-10H2,1-3H3,(H,16,19). The average Bonchev–Trinajstić information content (AvgIpc) is 2.97. The average molecular weight is 310 g/mol. The molecule has 1 unspecified atom stereocenters. The van der Waals surface area contributed by atoms with Crippen LogP contribution in [-0.2, 0) is 4.74 Å². The Morgan fingerprint density at radius 2 is 2.24 bits per heavy atom. The van der Waals surface area contributed by atoms with Gasteiger partial charge in [-0.25, -0.2) is 4.79 Å². The van der Waals surface area contributed by atoms with Gasteiger partial charge in [-0.2, -0.15) is 0 Å². The lowest BCUT2D eigenvalue weighted by atomic mass is 10.2. The van der Waals surface area contributed by atoms with Crippen molar-refractivity contribution in [2.75, 3.05) is 19.6 Å². The zero-order valence-electron chi connectivity index (χ0n) is 12.7. The minimum Gasteiger partial charge on any atom is -0.444 e. The lowest BCUT2D eigenvalue weighted by Crippen LogP contribution is -2.41. The van der Waals surface area contributed by atoms with E-state index in [0.29, 0.717) is 13.1 Å². The number of hydrogen-bond donors (Lipinski definition) is 1. The Balaban J connectivity index is 1.76. The molecule has 0 saturated carbocycles. The monoisotopic (exact) mass is 310 g/mol. The van der Waals surface area contributed by atoms with E-state index in [9.17, 15) is 9.59 Å². The molecule has 21 heavy (non-hydrogen) atoms. The third-order valence-electron chi connectivity index (χ3n) is 3.16. The molecule has 1 aromatic heterocycles. The molecule has 1 aliphatic rings. The fourth-order valence-electron chi connectivity index (χ4n) is 2.29. The van der Waals surface area contributed by atoms with Crippen molar-refractivity contribution in [2.45, 2.75) is 38.8 Å². The maximum atomic E-state index is 12.0. The molecule has 6 heteroatoms. The van der Waals surface area contributed by atoms with Crippen LogP contribution in [0.15, 0.2) is 17.5 Å². The molecular weight excluding hydrogens is 288 g/mol. The first-order valence-corrected chi connectivity index (χ1v) is 8.00. The smallest absolute Gasteiger partial charge is 0.407 e. The van der Waals surface area contributed by atoms with Gasteiger partial charge in [-0.1, -0.05) is 6.07 Å². The first-order valence-electron chi connectivity index (χ1n) is 7.12. The molecule has 1 fully saturated rings. The van der Waals surface area contributed by atoms with E-state index in [1.54, 1.807) is 0 Å². The Morgan fingerprint density at radius 3 is 2.86 bits per heavy atom. The van der Waals surface area contributed by atoms with E-state index in [1.807, 2.05) is 38.3 Å². The zero-order chi connectivity index (χ0) is 15.5. The molecule has 0 spiro atoms. The number of hydrogen-bond acceptors (Lipinski definition) is 5. The normalized spacial score (nSPS) is 19.5. The van der Waals surface area contributed by atoms with Crippen LogP contribution < -0.4 is 5.32 Å². The summed E-state index contributed by atoms with van der Waals surface area (Å²) in [5.41, 5.74) is -0.489. The van der Waals surface area contributed by atoms with Crippen molar-refractivity contribution in [3.05, 3.63) is 22.4 Å². The van der Waals surface area contributed by atoms with Crippen LogP contribution in [0.25, 0.3) is 0 Å². The highest BCUT2D eigenvalue weighted by atomic mass is 32.1. The number of nitrogens with one attached hydrogen (secondary N) is 1. The third kappa shape index (κ3) is 5.13. The molecule has 1 amide bonds. The van der Waals surface area contributed by atoms with Gasteiger partial charge >= 0.3 is 6.09 Å². The topological polar surface area (TPSA) is 58.6 Å². The van der Waals surface area contributed by atoms with Gasteiger partial charge in [0.15, 0.2) is 5.78 Å². The van der Waals surface area contributed by atoms with Gasteiger partial charge in [-0.3, -0.25) is 9.69 Å². The largest absolute Gasteiger partial charge is 0.444 e.